The third kappa shape index (κ3) is 0.868. The standard InChI is InChI=1S/C9H5N3O2/c1-11-6(3-10)7-4-2-5(4)9(13)8(7)12-14/h4-5,14H,2H2/b7-6?,12-8-. The van der Waals surface area contributed by atoms with Gasteiger partial charge in [-0.2, -0.15) is 0 Å². The highest BCUT2D eigenvalue weighted by atomic mass is 16.4. The van der Waals surface area contributed by atoms with Crippen molar-refractivity contribution < 1.29 is 10.0 Å². The first-order valence-corrected chi connectivity index (χ1v) is 4.03. The third-order valence-corrected chi connectivity index (χ3v) is 2.56. The molecule has 5 nitrogen and oxygen atoms in total. The highest BCUT2D eigenvalue weighted by molar-refractivity contribution is 6.50. The maximum absolute atomic E-state index is 11.4. The lowest BCUT2D eigenvalue weighted by molar-refractivity contribution is -0.113. The lowest BCUT2D eigenvalue weighted by Gasteiger charge is -1.99. The average molecular weight is 187 g/mol. The summed E-state index contributed by atoms with van der Waals surface area (Å²) < 4.78 is 0. The second-order valence-electron chi connectivity index (χ2n) is 3.25. The van der Waals surface area contributed by atoms with Gasteiger partial charge in [0.15, 0.2) is 5.78 Å². The molecule has 0 heterocycles. The molecule has 2 aliphatic rings. The molecule has 2 saturated carbocycles. The second-order valence-corrected chi connectivity index (χ2v) is 3.25. The molecule has 0 aromatic heterocycles. The van der Waals surface area contributed by atoms with E-state index in [9.17, 15) is 4.79 Å². The number of hydrogen-bond acceptors (Lipinski definition) is 4. The summed E-state index contributed by atoms with van der Waals surface area (Å²) in [6.45, 7) is 6.76. The summed E-state index contributed by atoms with van der Waals surface area (Å²) in [5.74, 6) is -0.456. The maximum Gasteiger partial charge on any atom is 0.267 e. The number of Topliss-reactive ketones (excluding diaryl/α,β-unsaturated/α-hetero) is 1. The molecule has 0 aliphatic heterocycles. The Kier molecular flexibility index (Phi) is 1.62. The van der Waals surface area contributed by atoms with Crippen molar-refractivity contribution in [1.82, 2.24) is 0 Å². The molecular formula is C9H5N3O2. The average Bonchev–Trinajstić information content (AvgIpc) is 2.92. The van der Waals surface area contributed by atoms with Gasteiger partial charge in [-0.25, -0.2) is 10.1 Å². The normalized spacial score (nSPS) is 34.7. The van der Waals surface area contributed by atoms with Crippen molar-refractivity contribution in [2.75, 3.05) is 0 Å². The predicted octanol–water partition coefficient (Wildman–Crippen LogP) is 0.732. The van der Waals surface area contributed by atoms with Crippen molar-refractivity contribution in [2.24, 2.45) is 17.0 Å². The van der Waals surface area contributed by atoms with Crippen LogP contribution in [0.25, 0.3) is 4.85 Å². The second kappa shape index (κ2) is 2.68. The van der Waals surface area contributed by atoms with Gasteiger partial charge in [0, 0.05) is 11.5 Å². The molecule has 0 aromatic rings. The number of nitriles is 1. The Hall–Kier alpha value is -2.14. The number of ketones is 1. The van der Waals surface area contributed by atoms with Gasteiger partial charge in [0.2, 0.25) is 0 Å². The van der Waals surface area contributed by atoms with Crippen LogP contribution in [0.4, 0.5) is 0 Å². The van der Waals surface area contributed by atoms with Crippen molar-refractivity contribution in [3.8, 4) is 6.07 Å². The van der Waals surface area contributed by atoms with Crippen molar-refractivity contribution in [2.45, 2.75) is 6.42 Å². The van der Waals surface area contributed by atoms with E-state index in [-0.39, 0.29) is 29.0 Å². The number of carbonyl (C=O) groups is 1. The molecule has 0 bridgehead atoms. The Morgan fingerprint density at radius 3 is 2.93 bits per heavy atom. The van der Waals surface area contributed by atoms with Gasteiger partial charge in [0.25, 0.3) is 5.70 Å². The Balaban J connectivity index is 2.58. The smallest absolute Gasteiger partial charge is 0.267 e. The molecule has 14 heavy (non-hydrogen) atoms. The maximum atomic E-state index is 11.4. The number of oxime groups is 1. The minimum atomic E-state index is -0.246. The zero-order chi connectivity index (χ0) is 10.3. The molecule has 5 heteroatoms. The van der Waals surface area contributed by atoms with E-state index in [1.807, 2.05) is 0 Å². The van der Waals surface area contributed by atoms with Crippen LogP contribution in [-0.4, -0.2) is 16.7 Å². The molecule has 1 N–H and O–H groups in total. The molecule has 0 radical (unpaired) electrons. The zero-order valence-electron chi connectivity index (χ0n) is 7.06. The molecule has 2 atom stereocenters. The summed E-state index contributed by atoms with van der Waals surface area (Å²) in [4.78, 5) is 14.4. The van der Waals surface area contributed by atoms with Gasteiger partial charge in [-0.05, 0) is 12.3 Å². The Labute approximate surface area is 79.8 Å². The van der Waals surface area contributed by atoms with E-state index in [1.54, 1.807) is 6.07 Å². The first kappa shape index (κ1) is 8.46. The topological polar surface area (TPSA) is 77.8 Å². The van der Waals surface area contributed by atoms with Crippen LogP contribution in [0, 0.1) is 29.7 Å². The molecule has 0 amide bonds. The molecule has 0 saturated heterocycles. The molecular weight excluding hydrogens is 182 g/mol. The van der Waals surface area contributed by atoms with E-state index in [0.717, 1.165) is 0 Å². The van der Waals surface area contributed by atoms with E-state index in [1.165, 1.54) is 0 Å². The Morgan fingerprint density at radius 1 is 1.71 bits per heavy atom. The largest absolute Gasteiger partial charge is 0.410 e. The summed E-state index contributed by atoms with van der Waals surface area (Å²) in [6, 6.07) is 1.72. The summed E-state index contributed by atoms with van der Waals surface area (Å²) in [6.07, 6.45) is 0.674. The molecule has 2 fully saturated rings. The lowest BCUT2D eigenvalue weighted by atomic mass is 10.1. The van der Waals surface area contributed by atoms with Crippen LogP contribution in [0.3, 0.4) is 0 Å². The highest BCUT2D eigenvalue weighted by Crippen LogP contribution is 2.52. The fourth-order valence-corrected chi connectivity index (χ4v) is 1.82. The van der Waals surface area contributed by atoms with Gasteiger partial charge in [-0.1, -0.05) is 5.16 Å². The predicted molar refractivity (Wildman–Crippen MR) is 45.1 cm³/mol. The van der Waals surface area contributed by atoms with Crippen LogP contribution >= 0.6 is 0 Å². The van der Waals surface area contributed by atoms with Gasteiger partial charge in [0.1, 0.15) is 5.71 Å². The van der Waals surface area contributed by atoms with Crippen LogP contribution in [0.5, 0.6) is 0 Å². The first-order valence-electron chi connectivity index (χ1n) is 4.03. The molecule has 0 aromatic carbocycles. The van der Waals surface area contributed by atoms with Crippen LogP contribution in [0.2, 0.25) is 0 Å². The molecule has 0 spiro atoms. The fourth-order valence-electron chi connectivity index (χ4n) is 1.82. The number of allylic oxidation sites excluding steroid dienone is 2. The summed E-state index contributed by atoms with van der Waals surface area (Å²) >= 11 is 0. The number of rotatable bonds is 0. The summed E-state index contributed by atoms with van der Waals surface area (Å²) in [5, 5.41) is 20.1. The molecule has 68 valence electrons. The highest BCUT2D eigenvalue weighted by Gasteiger charge is 2.56. The Bertz CT molecular complexity index is 445. The summed E-state index contributed by atoms with van der Waals surface area (Å²) in [7, 11) is 0. The minimum absolute atomic E-state index is 0.0582. The van der Waals surface area contributed by atoms with Gasteiger partial charge in [0.05, 0.1) is 12.6 Å². The Morgan fingerprint density at radius 2 is 2.43 bits per heavy atom. The van der Waals surface area contributed by atoms with Crippen molar-refractivity contribution in [3.63, 3.8) is 0 Å². The first-order chi connectivity index (χ1) is 6.74. The summed E-state index contributed by atoms with van der Waals surface area (Å²) in [5.41, 5.74) is 0.106. The minimum Gasteiger partial charge on any atom is -0.410 e. The van der Waals surface area contributed by atoms with Crippen molar-refractivity contribution in [3.05, 3.63) is 22.7 Å². The molecule has 2 aliphatic carbocycles. The number of carbonyl (C=O) groups excluding carboxylic acids is 1. The van der Waals surface area contributed by atoms with E-state index < -0.39 is 0 Å². The zero-order valence-corrected chi connectivity index (χ0v) is 7.06. The van der Waals surface area contributed by atoms with Gasteiger partial charge >= 0.3 is 0 Å². The van der Waals surface area contributed by atoms with Gasteiger partial charge < -0.3 is 5.21 Å². The quantitative estimate of drug-likeness (QED) is 0.263. The molecule has 2 rings (SSSR count). The van der Waals surface area contributed by atoms with Crippen LogP contribution in [0.15, 0.2) is 16.4 Å². The van der Waals surface area contributed by atoms with E-state index >= 15 is 0 Å². The van der Waals surface area contributed by atoms with E-state index in [2.05, 4.69) is 10.0 Å². The number of nitrogens with zero attached hydrogens (tertiary/aromatic N) is 3. The van der Waals surface area contributed by atoms with Crippen LogP contribution in [-0.2, 0) is 4.79 Å². The van der Waals surface area contributed by atoms with Crippen molar-refractivity contribution >= 4 is 11.5 Å². The molecule has 2 unspecified atom stereocenters. The van der Waals surface area contributed by atoms with E-state index in [0.29, 0.717) is 12.0 Å². The fraction of sp³-hybridized carbons (Fsp3) is 0.333. The third-order valence-electron chi connectivity index (χ3n) is 2.56. The van der Waals surface area contributed by atoms with E-state index in [4.69, 9.17) is 17.0 Å². The van der Waals surface area contributed by atoms with Gasteiger partial charge in [-0.3, -0.25) is 4.79 Å². The monoisotopic (exact) mass is 187 g/mol. The van der Waals surface area contributed by atoms with Crippen LogP contribution < -0.4 is 0 Å². The number of fused-ring (bicyclic) bond motifs is 1. The van der Waals surface area contributed by atoms with Crippen LogP contribution in [0.1, 0.15) is 6.42 Å². The SMILES string of the molecule is [C-]#[N+]C(C#N)=C1/C(=N/O)C(=O)C2CC12. The number of hydrogen-bond donors (Lipinski definition) is 1. The van der Waals surface area contributed by atoms with Crippen molar-refractivity contribution in [1.29, 1.82) is 5.26 Å². The van der Waals surface area contributed by atoms with Gasteiger partial charge in [-0.15, -0.1) is 0 Å². The lowest BCUT2D eigenvalue weighted by Crippen LogP contribution is -2.13.